The molecular weight excluding hydrogens is 170 g/mol. The van der Waals surface area contributed by atoms with Crippen molar-refractivity contribution in [3.05, 3.63) is 0 Å². The lowest BCUT2D eigenvalue weighted by atomic mass is 10.1. The minimum atomic E-state index is -0.675. The number of esters is 1. The summed E-state index contributed by atoms with van der Waals surface area (Å²) in [4.78, 5) is 10.6. The molecule has 0 aliphatic carbocycles. The Kier molecular flexibility index (Phi) is 6.56. The van der Waals surface area contributed by atoms with Crippen LogP contribution in [0.4, 0.5) is 0 Å². The highest BCUT2D eigenvalue weighted by Gasteiger charge is 2.09. The van der Waals surface area contributed by atoms with E-state index in [1.54, 1.807) is 7.11 Å². The average molecular weight is 183 g/mol. The number of nitrogens with one attached hydrogen (secondary N) is 1. The monoisotopic (exact) mass is 183 g/mol. The number of ether oxygens (including phenoxy) is 2. The Hall–Kier alpha value is -1.34. The third kappa shape index (κ3) is 5.88. The van der Waals surface area contributed by atoms with Gasteiger partial charge in [0.15, 0.2) is 0 Å². The predicted octanol–water partition coefficient (Wildman–Crippen LogP) is 0.465. The van der Waals surface area contributed by atoms with Gasteiger partial charge in [0.25, 0.3) is 0 Å². The second kappa shape index (κ2) is 7.32. The van der Waals surface area contributed by atoms with Gasteiger partial charge in [0.1, 0.15) is 0 Å². The van der Waals surface area contributed by atoms with Crippen molar-refractivity contribution in [2.75, 3.05) is 20.3 Å². The van der Waals surface area contributed by atoms with Gasteiger partial charge in [-0.05, 0) is 12.6 Å². The van der Waals surface area contributed by atoms with Crippen molar-refractivity contribution < 1.29 is 14.3 Å². The number of methoxy groups -OCH3 is 1. The van der Waals surface area contributed by atoms with Crippen molar-refractivity contribution in [1.29, 1.82) is 5.41 Å². The minimum Gasteiger partial charge on any atom is -0.456 e. The Morgan fingerprint density at radius 3 is 2.85 bits per heavy atom. The first-order chi connectivity index (χ1) is 6.24. The molecule has 0 saturated heterocycles. The summed E-state index contributed by atoms with van der Waals surface area (Å²) in [5.74, 6) is 1.18. The molecule has 0 aromatic rings. The molecule has 0 heterocycles. The fraction of sp³-hybridized carbons (Fsp3) is 0.556. The van der Waals surface area contributed by atoms with Crippen LogP contribution >= 0.6 is 0 Å². The minimum absolute atomic E-state index is 0.0137. The van der Waals surface area contributed by atoms with E-state index in [-0.39, 0.29) is 12.5 Å². The predicted molar refractivity (Wildman–Crippen MR) is 48.6 cm³/mol. The molecule has 0 spiro atoms. The summed E-state index contributed by atoms with van der Waals surface area (Å²) in [6, 6.07) is 0. The third-order valence-electron chi connectivity index (χ3n) is 1.42. The molecule has 13 heavy (non-hydrogen) atoms. The van der Waals surface area contributed by atoms with Crippen molar-refractivity contribution in [2.24, 2.45) is 5.92 Å². The Balaban J connectivity index is 3.75. The normalized spacial score (nSPS) is 11.4. The molecule has 1 N–H and O–H groups in total. The summed E-state index contributed by atoms with van der Waals surface area (Å²) in [5.41, 5.74) is 0. The van der Waals surface area contributed by atoms with Crippen LogP contribution in [0.15, 0.2) is 0 Å². The number of hydrogen-bond donors (Lipinski definition) is 1. The van der Waals surface area contributed by atoms with Crippen LogP contribution in [0.5, 0.6) is 0 Å². The largest absolute Gasteiger partial charge is 0.456 e. The van der Waals surface area contributed by atoms with Crippen LogP contribution in [0.1, 0.15) is 6.42 Å². The quantitative estimate of drug-likeness (QED) is 0.282. The maximum atomic E-state index is 10.6. The topological polar surface area (TPSA) is 59.4 Å². The average Bonchev–Trinajstić information content (AvgIpc) is 2.14. The van der Waals surface area contributed by atoms with E-state index in [0.717, 1.165) is 0 Å². The van der Waals surface area contributed by atoms with E-state index >= 15 is 0 Å². The van der Waals surface area contributed by atoms with Crippen molar-refractivity contribution in [3.8, 4) is 12.3 Å². The van der Waals surface area contributed by atoms with E-state index in [1.807, 2.05) is 5.92 Å². The lowest BCUT2D eigenvalue weighted by Gasteiger charge is -2.12. The second-order valence-electron chi connectivity index (χ2n) is 2.50. The fourth-order valence-corrected chi connectivity index (χ4v) is 0.822. The molecule has 0 aromatic heterocycles. The SMILES string of the molecule is C#CC(=O)OC[C@@H](CC=N)COC. The van der Waals surface area contributed by atoms with E-state index in [1.165, 1.54) is 6.21 Å². The summed E-state index contributed by atoms with van der Waals surface area (Å²) in [5, 5.41) is 6.88. The molecule has 1 atom stereocenters. The van der Waals surface area contributed by atoms with Gasteiger partial charge < -0.3 is 14.9 Å². The van der Waals surface area contributed by atoms with Crippen molar-refractivity contribution >= 4 is 12.2 Å². The summed E-state index contributed by atoms with van der Waals surface area (Å²) >= 11 is 0. The Labute approximate surface area is 77.7 Å². The Bertz CT molecular complexity index is 207. The van der Waals surface area contributed by atoms with Crippen molar-refractivity contribution in [1.82, 2.24) is 0 Å². The number of hydrogen-bond acceptors (Lipinski definition) is 4. The van der Waals surface area contributed by atoms with Gasteiger partial charge >= 0.3 is 5.97 Å². The molecule has 0 unspecified atom stereocenters. The van der Waals surface area contributed by atoms with Crippen LogP contribution in [0.3, 0.4) is 0 Å². The molecule has 0 aliphatic heterocycles. The number of rotatable bonds is 6. The molecular formula is C9H13NO3. The van der Waals surface area contributed by atoms with Crippen LogP contribution in [0.2, 0.25) is 0 Å². The standard InChI is InChI=1S/C9H13NO3/c1-3-9(11)13-7-8(4-5-10)6-12-2/h1,5,8,10H,4,6-7H2,2H3/t8-/m0/s1. The van der Waals surface area contributed by atoms with Gasteiger partial charge in [-0.3, -0.25) is 0 Å². The van der Waals surface area contributed by atoms with Gasteiger partial charge in [0.05, 0.1) is 13.2 Å². The molecule has 0 rings (SSSR count). The van der Waals surface area contributed by atoms with Gasteiger partial charge in [-0.15, -0.1) is 6.42 Å². The summed E-state index contributed by atoms with van der Waals surface area (Å²) in [7, 11) is 1.56. The summed E-state index contributed by atoms with van der Waals surface area (Å²) in [6.07, 6.45) is 6.58. The molecule has 0 bridgehead atoms. The first-order valence-electron chi connectivity index (χ1n) is 3.85. The zero-order valence-corrected chi connectivity index (χ0v) is 7.58. The van der Waals surface area contributed by atoms with Crippen molar-refractivity contribution in [3.63, 3.8) is 0 Å². The molecule has 4 heteroatoms. The van der Waals surface area contributed by atoms with Crippen molar-refractivity contribution in [2.45, 2.75) is 6.42 Å². The van der Waals surface area contributed by atoms with Gasteiger partial charge in [0.2, 0.25) is 0 Å². The van der Waals surface area contributed by atoms with Gasteiger partial charge in [-0.2, -0.15) is 0 Å². The highest BCUT2D eigenvalue weighted by molar-refractivity contribution is 5.87. The van der Waals surface area contributed by atoms with Crippen LogP contribution in [-0.2, 0) is 14.3 Å². The van der Waals surface area contributed by atoms with E-state index in [9.17, 15) is 4.79 Å². The van der Waals surface area contributed by atoms with E-state index < -0.39 is 5.97 Å². The highest BCUT2D eigenvalue weighted by atomic mass is 16.5. The Morgan fingerprint density at radius 1 is 1.69 bits per heavy atom. The molecule has 72 valence electrons. The number of carbonyl (C=O) groups excluding carboxylic acids is 1. The van der Waals surface area contributed by atoms with Gasteiger partial charge in [-0.25, -0.2) is 4.79 Å². The molecule has 0 aromatic carbocycles. The highest BCUT2D eigenvalue weighted by Crippen LogP contribution is 2.02. The smallest absolute Gasteiger partial charge is 0.384 e. The molecule has 4 nitrogen and oxygen atoms in total. The maximum Gasteiger partial charge on any atom is 0.384 e. The maximum absolute atomic E-state index is 10.6. The first-order valence-corrected chi connectivity index (χ1v) is 3.85. The second-order valence-corrected chi connectivity index (χ2v) is 2.50. The molecule has 0 saturated carbocycles. The summed E-state index contributed by atoms with van der Waals surface area (Å²) < 4.78 is 9.58. The van der Waals surface area contributed by atoms with E-state index in [2.05, 4.69) is 0 Å². The first kappa shape index (κ1) is 11.7. The lowest BCUT2D eigenvalue weighted by molar-refractivity contribution is -0.138. The zero-order valence-electron chi connectivity index (χ0n) is 7.58. The molecule has 0 radical (unpaired) electrons. The number of carbonyl (C=O) groups is 1. The van der Waals surface area contributed by atoms with Crippen LogP contribution in [0, 0.1) is 23.7 Å². The zero-order chi connectivity index (χ0) is 10.1. The fourth-order valence-electron chi connectivity index (χ4n) is 0.822. The molecule has 0 fully saturated rings. The van der Waals surface area contributed by atoms with Gasteiger partial charge in [0, 0.05) is 18.9 Å². The van der Waals surface area contributed by atoms with E-state index in [0.29, 0.717) is 13.0 Å². The lowest BCUT2D eigenvalue weighted by Crippen LogP contribution is -2.18. The summed E-state index contributed by atoms with van der Waals surface area (Å²) in [6.45, 7) is 0.652. The van der Waals surface area contributed by atoms with Crippen LogP contribution in [0.25, 0.3) is 0 Å². The van der Waals surface area contributed by atoms with E-state index in [4.69, 9.17) is 21.3 Å². The molecule has 0 amide bonds. The Morgan fingerprint density at radius 2 is 2.38 bits per heavy atom. The third-order valence-corrected chi connectivity index (χ3v) is 1.42. The van der Waals surface area contributed by atoms with Crippen LogP contribution in [-0.4, -0.2) is 32.5 Å². The molecule has 0 aliphatic rings. The van der Waals surface area contributed by atoms with Gasteiger partial charge in [-0.1, -0.05) is 0 Å². The van der Waals surface area contributed by atoms with Crippen LogP contribution < -0.4 is 0 Å². The number of terminal acetylenes is 1.